The van der Waals surface area contributed by atoms with E-state index in [9.17, 15) is 9.59 Å². The van der Waals surface area contributed by atoms with Crippen molar-refractivity contribution >= 4 is 5.91 Å². The molecule has 0 aromatic carbocycles. The third-order valence-electron chi connectivity index (χ3n) is 7.76. The van der Waals surface area contributed by atoms with Gasteiger partial charge >= 0.3 is 0 Å². The fourth-order valence-electron chi connectivity index (χ4n) is 6.53. The van der Waals surface area contributed by atoms with Crippen LogP contribution in [0, 0.1) is 5.92 Å². The molecule has 6 heterocycles. The Morgan fingerprint density at radius 2 is 1.87 bits per heavy atom. The van der Waals surface area contributed by atoms with Crippen molar-refractivity contribution < 1.29 is 4.79 Å². The summed E-state index contributed by atoms with van der Waals surface area (Å²) in [5.74, 6) is 0.780. The van der Waals surface area contributed by atoms with Crippen LogP contribution in [0.3, 0.4) is 0 Å². The standard InChI is InChI=1S/C23H29N5O2/c1-25-10-16(9-24-25)12-26-11-15-8-17(14-26)21-7-6-20(22(29)27(21)13-15)23(30)28-18-2-3-19(28)5-4-18/h6-7,9-10,15,17-19H,2-5,8,11-14H2,1H3/t15-,17+,18?,19?/m0/s1. The smallest absolute Gasteiger partial charge is 0.263 e. The third-order valence-corrected chi connectivity index (χ3v) is 7.76. The van der Waals surface area contributed by atoms with Crippen LogP contribution < -0.4 is 5.56 Å². The number of carbonyl (C=O) groups excluding carboxylic acids is 1. The second-order valence-corrected chi connectivity index (χ2v) is 9.78. The van der Waals surface area contributed by atoms with Gasteiger partial charge in [0, 0.05) is 68.7 Å². The highest BCUT2D eigenvalue weighted by Crippen LogP contribution is 2.39. The maximum atomic E-state index is 13.3. The molecule has 158 valence electrons. The van der Waals surface area contributed by atoms with Crippen LogP contribution in [0.4, 0.5) is 0 Å². The van der Waals surface area contributed by atoms with E-state index in [1.165, 1.54) is 5.56 Å². The summed E-state index contributed by atoms with van der Waals surface area (Å²) < 4.78 is 3.77. The Morgan fingerprint density at radius 3 is 2.57 bits per heavy atom. The molecule has 2 aromatic rings. The number of carbonyl (C=O) groups is 1. The lowest BCUT2D eigenvalue weighted by atomic mass is 9.83. The maximum Gasteiger partial charge on any atom is 0.263 e. The lowest BCUT2D eigenvalue weighted by molar-refractivity contribution is 0.0724. The Morgan fingerprint density at radius 1 is 1.10 bits per heavy atom. The average molecular weight is 408 g/mol. The van der Waals surface area contributed by atoms with Gasteiger partial charge in [0.25, 0.3) is 11.5 Å². The van der Waals surface area contributed by atoms with Crippen molar-refractivity contribution in [2.45, 2.75) is 63.2 Å². The van der Waals surface area contributed by atoms with Crippen LogP contribution in [0.5, 0.6) is 0 Å². The summed E-state index contributed by atoms with van der Waals surface area (Å²) in [7, 11) is 1.95. The molecule has 4 aliphatic rings. The number of piperidine rings is 1. The quantitative estimate of drug-likeness (QED) is 0.780. The van der Waals surface area contributed by atoms with E-state index < -0.39 is 0 Å². The Kier molecular flexibility index (Phi) is 4.17. The SMILES string of the molecule is Cn1cc(CN2C[C@@H]3C[C@H](C2)c2ccc(C(=O)N4C5CCC4CC5)c(=O)n2C3)cn1. The molecule has 0 radical (unpaired) electrons. The van der Waals surface area contributed by atoms with Gasteiger partial charge in [0.15, 0.2) is 0 Å². The van der Waals surface area contributed by atoms with E-state index in [0.717, 1.165) is 64.0 Å². The summed E-state index contributed by atoms with van der Waals surface area (Å²) in [5.41, 5.74) is 2.65. The number of hydrogen-bond acceptors (Lipinski definition) is 4. The summed E-state index contributed by atoms with van der Waals surface area (Å²) in [4.78, 5) is 31.1. The van der Waals surface area contributed by atoms with Crippen LogP contribution in [-0.4, -0.2) is 55.2 Å². The molecule has 3 saturated heterocycles. The molecular weight excluding hydrogens is 378 g/mol. The monoisotopic (exact) mass is 407 g/mol. The molecule has 4 aliphatic heterocycles. The molecule has 3 fully saturated rings. The number of likely N-dealkylation sites (tertiary alicyclic amines) is 1. The van der Waals surface area contributed by atoms with Crippen LogP contribution in [0.2, 0.25) is 0 Å². The van der Waals surface area contributed by atoms with Crippen LogP contribution >= 0.6 is 0 Å². The summed E-state index contributed by atoms with van der Waals surface area (Å²) >= 11 is 0. The van der Waals surface area contributed by atoms with Gasteiger partial charge in [-0.2, -0.15) is 5.10 Å². The first kappa shape index (κ1) is 18.4. The van der Waals surface area contributed by atoms with Crippen molar-refractivity contribution in [1.82, 2.24) is 24.1 Å². The van der Waals surface area contributed by atoms with E-state index in [-0.39, 0.29) is 11.5 Å². The zero-order valence-corrected chi connectivity index (χ0v) is 17.5. The molecule has 6 rings (SSSR count). The number of nitrogens with zero attached hydrogens (tertiary/aromatic N) is 5. The van der Waals surface area contributed by atoms with E-state index in [2.05, 4.69) is 22.3 Å². The first-order chi connectivity index (χ1) is 14.6. The molecule has 7 heteroatoms. The van der Waals surface area contributed by atoms with E-state index >= 15 is 0 Å². The number of amides is 1. The van der Waals surface area contributed by atoms with E-state index in [0.29, 0.717) is 29.5 Å². The van der Waals surface area contributed by atoms with Gasteiger partial charge in [0.2, 0.25) is 0 Å². The minimum absolute atomic E-state index is 0.0331. The number of aromatic nitrogens is 3. The van der Waals surface area contributed by atoms with Gasteiger partial charge < -0.3 is 9.47 Å². The second kappa shape index (κ2) is 6.80. The molecule has 1 amide bonds. The van der Waals surface area contributed by atoms with Gasteiger partial charge in [-0.25, -0.2) is 0 Å². The lowest BCUT2D eigenvalue weighted by Gasteiger charge is -2.42. The van der Waals surface area contributed by atoms with Crippen molar-refractivity contribution in [2.75, 3.05) is 13.1 Å². The van der Waals surface area contributed by atoms with E-state index in [1.807, 2.05) is 33.5 Å². The van der Waals surface area contributed by atoms with Crippen molar-refractivity contribution in [2.24, 2.45) is 13.0 Å². The highest BCUT2D eigenvalue weighted by atomic mass is 16.2. The molecule has 0 spiro atoms. The van der Waals surface area contributed by atoms with Crippen LogP contribution in [-0.2, 0) is 20.1 Å². The molecular formula is C23H29N5O2. The van der Waals surface area contributed by atoms with Gasteiger partial charge in [-0.3, -0.25) is 19.2 Å². The summed E-state index contributed by atoms with van der Waals surface area (Å²) in [6.45, 7) is 3.57. The Hall–Kier alpha value is -2.41. The lowest BCUT2D eigenvalue weighted by Crippen LogP contribution is -2.48. The van der Waals surface area contributed by atoms with Crippen molar-refractivity contribution in [3.05, 3.63) is 51.7 Å². The fraction of sp³-hybridized carbons (Fsp3) is 0.609. The number of aryl methyl sites for hydroxylation is 1. The van der Waals surface area contributed by atoms with Gasteiger partial charge in [-0.15, -0.1) is 0 Å². The summed E-state index contributed by atoms with van der Waals surface area (Å²) in [6, 6.07) is 4.57. The highest BCUT2D eigenvalue weighted by molar-refractivity contribution is 5.94. The highest BCUT2D eigenvalue weighted by Gasteiger charge is 2.43. The molecule has 0 unspecified atom stereocenters. The first-order valence-electron chi connectivity index (χ1n) is 11.3. The molecule has 2 aromatic heterocycles. The minimum Gasteiger partial charge on any atom is -0.333 e. The van der Waals surface area contributed by atoms with Crippen LogP contribution in [0.25, 0.3) is 0 Å². The van der Waals surface area contributed by atoms with Crippen LogP contribution in [0.15, 0.2) is 29.3 Å². The van der Waals surface area contributed by atoms with Crippen molar-refractivity contribution in [3.8, 4) is 0 Å². The third kappa shape index (κ3) is 2.86. The molecule has 0 saturated carbocycles. The zero-order chi connectivity index (χ0) is 20.4. The van der Waals surface area contributed by atoms with E-state index in [1.54, 1.807) is 0 Å². The predicted octanol–water partition coefficient (Wildman–Crippen LogP) is 1.97. The van der Waals surface area contributed by atoms with E-state index in [4.69, 9.17) is 0 Å². The number of fused-ring (bicyclic) bond motifs is 6. The van der Waals surface area contributed by atoms with Gasteiger partial charge in [-0.1, -0.05) is 0 Å². The minimum atomic E-state index is -0.0702. The van der Waals surface area contributed by atoms with Crippen molar-refractivity contribution in [1.29, 1.82) is 0 Å². The fourth-order valence-corrected chi connectivity index (χ4v) is 6.53. The molecule has 2 atom stereocenters. The summed E-state index contributed by atoms with van der Waals surface area (Å²) in [5, 5.41) is 4.28. The zero-order valence-electron chi connectivity index (χ0n) is 17.5. The summed E-state index contributed by atoms with van der Waals surface area (Å²) in [6.07, 6.45) is 9.53. The average Bonchev–Trinajstić information content (AvgIpc) is 3.44. The Balaban J connectivity index is 1.26. The maximum absolute atomic E-state index is 13.3. The largest absolute Gasteiger partial charge is 0.333 e. The predicted molar refractivity (Wildman–Crippen MR) is 112 cm³/mol. The molecule has 0 aliphatic carbocycles. The number of hydrogen-bond donors (Lipinski definition) is 0. The molecule has 7 nitrogen and oxygen atoms in total. The van der Waals surface area contributed by atoms with Gasteiger partial charge in [0.05, 0.1) is 6.20 Å². The first-order valence-corrected chi connectivity index (χ1v) is 11.3. The molecule has 30 heavy (non-hydrogen) atoms. The Bertz CT molecular complexity index is 1040. The molecule has 4 bridgehead atoms. The second-order valence-electron chi connectivity index (χ2n) is 9.78. The normalized spacial score (nSPS) is 30.0. The Labute approximate surface area is 176 Å². The van der Waals surface area contributed by atoms with Crippen molar-refractivity contribution in [3.63, 3.8) is 0 Å². The van der Waals surface area contributed by atoms with Gasteiger partial charge in [-0.05, 0) is 50.2 Å². The van der Waals surface area contributed by atoms with Crippen LogP contribution in [0.1, 0.15) is 59.6 Å². The molecule has 0 N–H and O–H groups in total. The number of rotatable bonds is 3. The van der Waals surface area contributed by atoms with Gasteiger partial charge in [0.1, 0.15) is 5.56 Å². The topological polar surface area (TPSA) is 63.4 Å². The number of pyridine rings is 1.